The fraction of sp³-hybridized carbons (Fsp3) is 0.0870. The summed E-state index contributed by atoms with van der Waals surface area (Å²) in [4.78, 5) is 21.3. The molecule has 2 aromatic carbocycles. The Balaban J connectivity index is 1.51. The zero-order chi connectivity index (χ0) is 19.3. The molecule has 0 atom stereocenters. The molecular formula is C23H20N4O. The van der Waals surface area contributed by atoms with Gasteiger partial charge in [0.15, 0.2) is 0 Å². The molecule has 28 heavy (non-hydrogen) atoms. The monoisotopic (exact) mass is 368 g/mol. The first kappa shape index (κ1) is 17.7. The van der Waals surface area contributed by atoms with Crippen LogP contribution in [0.2, 0.25) is 0 Å². The van der Waals surface area contributed by atoms with Crippen molar-refractivity contribution in [2.75, 3.05) is 10.6 Å². The minimum absolute atomic E-state index is 0.223. The fourth-order valence-corrected chi connectivity index (χ4v) is 3.10. The average molecular weight is 368 g/mol. The van der Waals surface area contributed by atoms with Crippen molar-refractivity contribution in [3.63, 3.8) is 0 Å². The number of nitrogens with one attached hydrogen (secondary N) is 2. The number of aryl methyl sites for hydroxylation is 1. The van der Waals surface area contributed by atoms with Gasteiger partial charge in [0, 0.05) is 17.3 Å². The number of pyridine rings is 2. The maximum Gasteiger partial charge on any atom is 0.274 e. The standard InChI is InChI=1S/C23H20N4O/c1-2-16-7-3-4-10-19(16)27-23(28)21-13-12-18(15-25-21)26-20-11-5-8-17-9-6-14-24-22(17)20/h3-15,26H,2H2,1H3,(H,27,28). The third-order valence-electron chi connectivity index (χ3n) is 4.55. The van der Waals surface area contributed by atoms with Crippen molar-refractivity contribution in [2.24, 2.45) is 0 Å². The predicted molar refractivity (Wildman–Crippen MR) is 113 cm³/mol. The van der Waals surface area contributed by atoms with Crippen LogP contribution >= 0.6 is 0 Å². The molecule has 2 heterocycles. The first-order chi connectivity index (χ1) is 13.7. The first-order valence-corrected chi connectivity index (χ1v) is 9.20. The number of fused-ring (bicyclic) bond motifs is 1. The van der Waals surface area contributed by atoms with Crippen LogP contribution in [0.5, 0.6) is 0 Å². The molecule has 5 nitrogen and oxygen atoms in total. The number of nitrogens with zero attached hydrogens (tertiary/aromatic N) is 2. The van der Waals surface area contributed by atoms with Crippen molar-refractivity contribution < 1.29 is 4.79 Å². The highest BCUT2D eigenvalue weighted by molar-refractivity contribution is 6.03. The van der Waals surface area contributed by atoms with E-state index in [1.54, 1.807) is 18.5 Å². The molecule has 0 radical (unpaired) electrons. The van der Waals surface area contributed by atoms with Crippen LogP contribution in [0.1, 0.15) is 23.0 Å². The number of carbonyl (C=O) groups excluding carboxylic acids is 1. The number of para-hydroxylation sites is 2. The second-order valence-corrected chi connectivity index (χ2v) is 6.40. The van der Waals surface area contributed by atoms with Crippen molar-refractivity contribution in [3.05, 3.63) is 90.4 Å². The summed E-state index contributed by atoms with van der Waals surface area (Å²) in [5.41, 5.74) is 4.87. The van der Waals surface area contributed by atoms with Gasteiger partial charge in [-0.2, -0.15) is 0 Å². The van der Waals surface area contributed by atoms with Gasteiger partial charge >= 0.3 is 0 Å². The normalized spacial score (nSPS) is 10.6. The molecular weight excluding hydrogens is 348 g/mol. The van der Waals surface area contributed by atoms with Gasteiger partial charge in [-0.1, -0.05) is 43.3 Å². The fourth-order valence-electron chi connectivity index (χ4n) is 3.10. The molecule has 138 valence electrons. The highest BCUT2D eigenvalue weighted by Crippen LogP contribution is 2.24. The number of amides is 1. The highest BCUT2D eigenvalue weighted by atomic mass is 16.1. The van der Waals surface area contributed by atoms with E-state index in [0.717, 1.165) is 39.9 Å². The van der Waals surface area contributed by atoms with E-state index in [1.165, 1.54) is 0 Å². The van der Waals surface area contributed by atoms with E-state index in [-0.39, 0.29) is 5.91 Å². The molecule has 4 rings (SSSR count). The summed E-state index contributed by atoms with van der Waals surface area (Å²) in [6.07, 6.45) is 4.28. The van der Waals surface area contributed by atoms with E-state index in [0.29, 0.717) is 5.69 Å². The highest BCUT2D eigenvalue weighted by Gasteiger charge is 2.10. The maximum atomic E-state index is 12.5. The number of carbonyl (C=O) groups is 1. The van der Waals surface area contributed by atoms with Gasteiger partial charge in [-0.25, -0.2) is 4.98 Å². The second kappa shape index (κ2) is 7.88. The Bertz CT molecular complexity index is 1120. The molecule has 0 aliphatic heterocycles. The number of aromatic nitrogens is 2. The Hall–Kier alpha value is -3.73. The number of benzene rings is 2. The Labute approximate surface area is 163 Å². The molecule has 2 aromatic heterocycles. The van der Waals surface area contributed by atoms with Gasteiger partial charge in [0.05, 0.1) is 23.1 Å². The van der Waals surface area contributed by atoms with Crippen LogP contribution in [0.3, 0.4) is 0 Å². The molecule has 1 amide bonds. The third-order valence-corrected chi connectivity index (χ3v) is 4.55. The molecule has 0 bridgehead atoms. The Morgan fingerprint density at radius 1 is 0.893 bits per heavy atom. The minimum Gasteiger partial charge on any atom is -0.352 e. The van der Waals surface area contributed by atoms with E-state index in [2.05, 4.69) is 27.5 Å². The Morgan fingerprint density at radius 3 is 2.54 bits per heavy atom. The van der Waals surface area contributed by atoms with Crippen LogP contribution in [-0.4, -0.2) is 15.9 Å². The van der Waals surface area contributed by atoms with Gasteiger partial charge in [0.1, 0.15) is 5.69 Å². The molecule has 2 N–H and O–H groups in total. The topological polar surface area (TPSA) is 66.9 Å². The summed E-state index contributed by atoms with van der Waals surface area (Å²) < 4.78 is 0. The van der Waals surface area contributed by atoms with Gasteiger partial charge in [-0.3, -0.25) is 9.78 Å². The van der Waals surface area contributed by atoms with Crippen LogP contribution in [0.4, 0.5) is 17.1 Å². The van der Waals surface area contributed by atoms with Crippen LogP contribution in [-0.2, 0) is 6.42 Å². The van der Waals surface area contributed by atoms with Crippen LogP contribution in [0.25, 0.3) is 10.9 Å². The summed E-state index contributed by atoms with van der Waals surface area (Å²) in [6, 6.07) is 21.3. The molecule has 0 unspecified atom stereocenters. The summed E-state index contributed by atoms with van der Waals surface area (Å²) in [5.74, 6) is -0.223. The lowest BCUT2D eigenvalue weighted by Gasteiger charge is -2.11. The number of hydrogen-bond donors (Lipinski definition) is 2. The summed E-state index contributed by atoms with van der Waals surface area (Å²) in [6.45, 7) is 2.06. The van der Waals surface area contributed by atoms with Crippen molar-refractivity contribution in [2.45, 2.75) is 13.3 Å². The molecule has 0 fully saturated rings. The zero-order valence-electron chi connectivity index (χ0n) is 15.5. The molecule has 0 saturated carbocycles. The maximum absolute atomic E-state index is 12.5. The van der Waals surface area contributed by atoms with Crippen LogP contribution in [0.15, 0.2) is 79.1 Å². The van der Waals surface area contributed by atoms with E-state index in [9.17, 15) is 4.79 Å². The number of anilines is 3. The summed E-state index contributed by atoms with van der Waals surface area (Å²) >= 11 is 0. The molecule has 0 aliphatic rings. The van der Waals surface area contributed by atoms with Crippen molar-refractivity contribution in [1.82, 2.24) is 9.97 Å². The average Bonchev–Trinajstić information content (AvgIpc) is 2.75. The third kappa shape index (κ3) is 3.69. The summed E-state index contributed by atoms with van der Waals surface area (Å²) in [7, 11) is 0. The predicted octanol–water partition coefficient (Wildman–Crippen LogP) is 5.19. The lowest BCUT2D eigenvalue weighted by molar-refractivity contribution is 0.102. The van der Waals surface area contributed by atoms with Crippen molar-refractivity contribution in [1.29, 1.82) is 0 Å². The molecule has 0 saturated heterocycles. The number of hydrogen-bond acceptors (Lipinski definition) is 4. The quantitative estimate of drug-likeness (QED) is 0.509. The minimum atomic E-state index is -0.223. The lowest BCUT2D eigenvalue weighted by Crippen LogP contribution is -2.14. The Kier molecular flexibility index (Phi) is 4.97. The smallest absolute Gasteiger partial charge is 0.274 e. The number of rotatable bonds is 5. The first-order valence-electron chi connectivity index (χ1n) is 9.20. The van der Waals surface area contributed by atoms with Crippen molar-refractivity contribution >= 4 is 33.9 Å². The molecule has 5 heteroatoms. The van der Waals surface area contributed by atoms with Gasteiger partial charge in [-0.15, -0.1) is 0 Å². The molecule has 4 aromatic rings. The van der Waals surface area contributed by atoms with Crippen LogP contribution in [0, 0.1) is 0 Å². The molecule has 0 spiro atoms. The van der Waals surface area contributed by atoms with E-state index in [4.69, 9.17) is 0 Å². The van der Waals surface area contributed by atoms with E-state index >= 15 is 0 Å². The van der Waals surface area contributed by atoms with Gasteiger partial charge in [0.25, 0.3) is 5.91 Å². The largest absolute Gasteiger partial charge is 0.352 e. The van der Waals surface area contributed by atoms with E-state index < -0.39 is 0 Å². The van der Waals surface area contributed by atoms with Gasteiger partial charge in [-0.05, 0) is 42.3 Å². The van der Waals surface area contributed by atoms with E-state index in [1.807, 2.05) is 60.7 Å². The van der Waals surface area contributed by atoms with Crippen LogP contribution < -0.4 is 10.6 Å². The van der Waals surface area contributed by atoms with Crippen molar-refractivity contribution in [3.8, 4) is 0 Å². The van der Waals surface area contributed by atoms with Gasteiger partial charge < -0.3 is 10.6 Å². The SMILES string of the molecule is CCc1ccccc1NC(=O)c1ccc(Nc2cccc3cccnc23)cn1. The van der Waals surface area contributed by atoms with Gasteiger partial charge in [0.2, 0.25) is 0 Å². The Morgan fingerprint density at radius 2 is 1.71 bits per heavy atom. The second-order valence-electron chi connectivity index (χ2n) is 6.40. The summed E-state index contributed by atoms with van der Waals surface area (Å²) in [5, 5.41) is 7.32. The molecule has 0 aliphatic carbocycles. The lowest BCUT2D eigenvalue weighted by atomic mass is 10.1. The zero-order valence-corrected chi connectivity index (χ0v) is 15.5.